The number of rotatable bonds is 4. The van der Waals surface area contributed by atoms with E-state index in [2.05, 4.69) is 10.5 Å². The van der Waals surface area contributed by atoms with Crippen molar-refractivity contribution in [3.05, 3.63) is 35.4 Å². The molecule has 0 saturated carbocycles. The number of amidine groups is 1. The van der Waals surface area contributed by atoms with Gasteiger partial charge in [-0.05, 0) is 25.0 Å². The van der Waals surface area contributed by atoms with E-state index in [1.807, 2.05) is 0 Å². The Bertz CT molecular complexity index is 652. The molecule has 0 spiro atoms. The lowest BCUT2D eigenvalue weighted by molar-refractivity contribution is 0.0953. The average molecular weight is 311 g/mol. The summed E-state index contributed by atoms with van der Waals surface area (Å²) in [6.07, 6.45) is 1.24. The monoisotopic (exact) mass is 311 g/mol. The lowest BCUT2D eigenvalue weighted by atomic mass is 10.1. The van der Waals surface area contributed by atoms with E-state index in [1.165, 1.54) is 12.1 Å². The van der Waals surface area contributed by atoms with E-state index in [4.69, 9.17) is 10.9 Å². The highest BCUT2D eigenvalue weighted by Gasteiger charge is 2.31. The van der Waals surface area contributed by atoms with E-state index in [0.29, 0.717) is 24.0 Å². The normalized spacial score (nSPS) is 21.1. The van der Waals surface area contributed by atoms with Crippen molar-refractivity contribution in [1.29, 1.82) is 0 Å². The van der Waals surface area contributed by atoms with E-state index in [1.54, 1.807) is 12.1 Å². The number of hydrogen-bond donors (Lipinski definition) is 3. The number of oxime groups is 1. The molecule has 0 radical (unpaired) electrons. The summed E-state index contributed by atoms with van der Waals surface area (Å²) in [5.41, 5.74) is 6.31. The van der Waals surface area contributed by atoms with Crippen molar-refractivity contribution in [3.63, 3.8) is 0 Å². The first-order chi connectivity index (χ1) is 9.94. The highest BCUT2D eigenvalue weighted by Crippen LogP contribution is 2.19. The van der Waals surface area contributed by atoms with Crippen molar-refractivity contribution in [2.24, 2.45) is 10.9 Å². The highest BCUT2D eigenvalue weighted by molar-refractivity contribution is 7.92. The van der Waals surface area contributed by atoms with Crippen LogP contribution in [-0.4, -0.2) is 42.9 Å². The number of sulfone groups is 1. The van der Waals surface area contributed by atoms with Gasteiger partial charge in [-0.2, -0.15) is 0 Å². The van der Waals surface area contributed by atoms with Crippen molar-refractivity contribution in [1.82, 2.24) is 5.32 Å². The zero-order valence-corrected chi connectivity index (χ0v) is 12.1. The Morgan fingerprint density at radius 3 is 2.48 bits per heavy atom. The van der Waals surface area contributed by atoms with Crippen LogP contribution in [0.15, 0.2) is 29.4 Å². The van der Waals surface area contributed by atoms with Crippen molar-refractivity contribution in [2.45, 2.75) is 18.1 Å². The van der Waals surface area contributed by atoms with Crippen LogP contribution in [0.4, 0.5) is 0 Å². The molecule has 1 unspecified atom stereocenters. The fraction of sp³-hybridized carbons (Fsp3) is 0.385. The Morgan fingerprint density at radius 1 is 1.33 bits per heavy atom. The minimum Gasteiger partial charge on any atom is -0.409 e. The fourth-order valence-corrected chi connectivity index (χ4v) is 4.01. The van der Waals surface area contributed by atoms with Crippen LogP contribution in [0.2, 0.25) is 0 Å². The van der Waals surface area contributed by atoms with Crippen LogP contribution >= 0.6 is 0 Å². The molecular formula is C13H17N3O4S. The van der Waals surface area contributed by atoms with Gasteiger partial charge in [-0.1, -0.05) is 17.3 Å². The lowest BCUT2D eigenvalue weighted by Gasteiger charge is -2.11. The summed E-state index contributed by atoms with van der Waals surface area (Å²) in [6.45, 7) is 0.128. The maximum Gasteiger partial charge on any atom is 0.251 e. The van der Waals surface area contributed by atoms with Crippen LogP contribution in [0.1, 0.15) is 28.8 Å². The van der Waals surface area contributed by atoms with Gasteiger partial charge in [0.2, 0.25) is 0 Å². The van der Waals surface area contributed by atoms with Crippen molar-refractivity contribution in [2.75, 3.05) is 12.3 Å². The van der Waals surface area contributed by atoms with Gasteiger partial charge < -0.3 is 16.3 Å². The van der Waals surface area contributed by atoms with Gasteiger partial charge in [0.1, 0.15) is 0 Å². The molecule has 1 saturated heterocycles. The smallest absolute Gasteiger partial charge is 0.251 e. The number of amides is 1. The molecule has 1 amide bonds. The summed E-state index contributed by atoms with van der Waals surface area (Å²) in [6, 6.07) is 6.17. The van der Waals surface area contributed by atoms with Gasteiger partial charge in [0.05, 0.1) is 11.0 Å². The molecule has 1 heterocycles. The van der Waals surface area contributed by atoms with Gasteiger partial charge in [0.15, 0.2) is 15.7 Å². The summed E-state index contributed by atoms with van der Waals surface area (Å²) in [7, 11) is -3.06. The number of benzene rings is 1. The Morgan fingerprint density at radius 2 is 1.95 bits per heavy atom. The maximum absolute atomic E-state index is 11.9. The highest BCUT2D eigenvalue weighted by atomic mass is 32.2. The number of carbonyl (C=O) groups is 1. The first kappa shape index (κ1) is 15.3. The minimum absolute atomic E-state index is 0.0426. The van der Waals surface area contributed by atoms with Crippen LogP contribution in [-0.2, 0) is 9.84 Å². The molecule has 1 aromatic carbocycles. The Kier molecular flexibility index (Phi) is 4.46. The van der Waals surface area contributed by atoms with Crippen LogP contribution < -0.4 is 11.1 Å². The zero-order valence-electron chi connectivity index (χ0n) is 11.3. The maximum atomic E-state index is 11.9. The zero-order chi connectivity index (χ0) is 15.5. The topological polar surface area (TPSA) is 122 Å². The van der Waals surface area contributed by atoms with Crippen LogP contribution in [0, 0.1) is 0 Å². The Labute approximate surface area is 122 Å². The van der Waals surface area contributed by atoms with Gasteiger partial charge >= 0.3 is 0 Å². The van der Waals surface area contributed by atoms with Gasteiger partial charge in [0.25, 0.3) is 5.91 Å². The molecule has 114 valence electrons. The molecule has 1 aliphatic rings. The molecule has 1 aliphatic heterocycles. The first-order valence-corrected chi connectivity index (χ1v) is 8.23. The van der Waals surface area contributed by atoms with Crippen LogP contribution in [0.3, 0.4) is 0 Å². The summed E-state index contributed by atoms with van der Waals surface area (Å²) < 4.78 is 23.3. The van der Waals surface area contributed by atoms with Gasteiger partial charge in [-0.25, -0.2) is 8.42 Å². The fourth-order valence-electron chi connectivity index (χ4n) is 2.25. The standard InChI is InChI=1S/C13H17N3O4S/c14-12(16-18)9-3-5-10(6-4-9)13(17)15-8-11-2-1-7-21(11,19)20/h3-6,11,18H,1-2,7-8H2,(H2,14,16)(H,15,17). The van der Waals surface area contributed by atoms with Crippen molar-refractivity contribution < 1.29 is 18.4 Å². The number of nitrogens with one attached hydrogen (secondary N) is 1. The van der Waals surface area contributed by atoms with Crippen LogP contribution in [0.25, 0.3) is 0 Å². The van der Waals surface area contributed by atoms with Gasteiger partial charge in [-0.15, -0.1) is 0 Å². The van der Waals surface area contributed by atoms with Crippen molar-refractivity contribution in [3.8, 4) is 0 Å². The third-order valence-corrected chi connectivity index (χ3v) is 5.78. The molecule has 7 nitrogen and oxygen atoms in total. The van der Waals surface area contributed by atoms with E-state index < -0.39 is 15.1 Å². The summed E-state index contributed by atoms with van der Waals surface area (Å²) in [5.74, 6) is -0.190. The molecule has 0 aromatic heterocycles. The van der Waals surface area contributed by atoms with E-state index in [0.717, 1.165) is 0 Å². The van der Waals surface area contributed by atoms with Gasteiger partial charge in [0, 0.05) is 17.7 Å². The predicted molar refractivity (Wildman–Crippen MR) is 78.1 cm³/mol. The van der Waals surface area contributed by atoms with E-state index in [9.17, 15) is 13.2 Å². The molecule has 2 rings (SSSR count). The number of hydrogen-bond acceptors (Lipinski definition) is 5. The third kappa shape index (κ3) is 3.52. The molecule has 1 aromatic rings. The van der Waals surface area contributed by atoms with Crippen molar-refractivity contribution >= 4 is 21.6 Å². The minimum atomic E-state index is -3.06. The summed E-state index contributed by atoms with van der Waals surface area (Å²) in [4.78, 5) is 11.9. The second-order valence-electron chi connectivity index (χ2n) is 4.90. The SMILES string of the molecule is N/C(=N/O)c1ccc(C(=O)NCC2CCCS2(=O)=O)cc1. The second kappa shape index (κ2) is 6.13. The van der Waals surface area contributed by atoms with E-state index in [-0.39, 0.29) is 24.0 Å². The molecule has 21 heavy (non-hydrogen) atoms. The molecule has 4 N–H and O–H groups in total. The molecule has 0 aliphatic carbocycles. The first-order valence-electron chi connectivity index (χ1n) is 6.52. The quantitative estimate of drug-likeness (QED) is 0.315. The third-order valence-electron chi connectivity index (χ3n) is 3.50. The number of nitrogens with zero attached hydrogens (tertiary/aromatic N) is 1. The number of carbonyl (C=O) groups excluding carboxylic acids is 1. The molecular weight excluding hydrogens is 294 g/mol. The van der Waals surface area contributed by atoms with Crippen LogP contribution in [0.5, 0.6) is 0 Å². The van der Waals surface area contributed by atoms with Gasteiger partial charge in [-0.3, -0.25) is 4.79 Å². The second-order valence-corrected chi connectivity index (χ2v) is 7.30. The lowest BCUT2D eigenvalue weighted by Crippen LogP contribution is -2.34. The van der Waals surface area contributed by atoms with E-state index >= 15 is 0 Å². The summed E-state index contributed by atoms with van der Waals surface area (Å²) >= 11 is 0. The molecule has 1 fully saturated rings. The Hall–Kier alpha value is -2.09. The predicted octanol–water partition coefficient (Wildman–Crippen LogP) is 0.0881. The summed E-state index contributed by atoms with van der Waals surface area (Å²) in [5, 5.41) is 13.6. The number of nitrogens with two attached hydrogens (primary N) is 1. The molecule has 8 heteroatoms. The molecule has 0 bridgehead atoms. The Balaban J connectivity index is 1.98. The average Bonchev–Trinajstić information content (AvgIpc) is 2.82. The largest absolute Gasteiger partial charge is 0.409 e. The molecule has 1 atom stereocenters.